The minimum Gasteiger partial charge on any atom is -0.379 e. The number of nitrogens with zero attached hydrogens (tertiary/aromatic N) is 3. The lowest BCUT2D eigenvalue weighted by molar-refractivity contribution is 0.0316. The normalized spacial score (nSPS) is 19.3. The molecular weight excluding hydrogens is 400 g/mol. The molecule has 7 heteroatoms. The third kappa shape index (κ3) is 3.41. The average molecular weight is 423 g/mol. The van der Waals surface area contributed by atoms with E-state index < -0.39 is 0 Å². The van der Waals surface area contributed by atoms with E-state index >= 15 is 0 Å². The maximum atomic E-state index is 13.4. The summed E-state index contributed by atoms with van der Waals surface area (Å²) in [6, 6.07) is 17.4. The van der Waals surface area contributed by atoms with Gasteiger partial charge in [-0.15, -0.1) is 0 Å². The highest BCUT2D eigenvalue weighted by molar-refractivity contribution is 6.31. The minimum absolute atomic E-state index is 0.0298. The fourth-order valence-electron chi connectivity index (χ4n) is 4.34. The van der Waals surface area contributed by atoms with E-state index in [-0.39, 0.29) is 11.9 Å². The van der Waals surface area contributed by atoms with E-state index in [4.69, 9.17) is 16.3 Å². The van der Waals surface area contributed by atoms with Gasteiger partial charge in [-0.05, 0) is 11.6 Å². The van der Waals surface area contributed by atoms with Gasteiger partial charge >= 0.3 is 0 Å². The molecule has 1 amide bonds. The van der Waals surface area contributed by atoms with Gasteiger partial charge in [-0.2, -0.15) is 5.10 Å². The van der Waals surface area contributed by atoms with Crippen molar-refractivity contribution in [1.82, 2.24) is 20.0 Å². The van der Waals surface area contributed by atoms with Crippen LogP contribution in [0.4, 0.5) is 0 Å². The van der Waals surface area contributed by atoms with E-state index in [1.54, 1.807) is 0 Å². The molecule has 3 aromatic rings. The Morgan fingerprint density at radius 3 is 2.53 bits per heavy atom. The molecule has 1 fully saturated rings. The summed E-state index contributed by atoms with van der Waals surface area (Å²) >= 11 is 6.60. The monoisotopic (exact) mass is 422 g/mol. The summed E-state index contributed by atoms with van der Waals surface area (Å²) in [5, 5.41) is 8.16. The number of halogens is 1. The number of carbonyl (C=O) groups excluding carboxylic acids is 1. The van der Waals surface area contributed by atoms with Crippen LogP contribution in [0.5, 0.6) is 0 Å². The molecule has 6 nitrogen and oxygen atoms in total. The molecule has 0 bridgehead atoms. The van der Waals surface area contributed by atoms with Crippen LogP contribution in [0.3, 0.4) is 0 Å². The van der Waals surface area contributed by atoms with E-state index in [1.807, 2.05) is 59.5 Å². The number of ether oxygens (including phenoxy) is 1. The van der Waals surface area contributed by atoms with Crippen molar-refractivity contribution in [3.63, 3.8) is 0 Å². The predicted molar refractivity (Wildman–Crippen MR) is 116 cm³/mol. The molecule has 1 aromatic heterocycles. The van der Waals surface area contributed by atoms with Gasteiger partial charge in [-0.1, -0.05) is 60.1 Å². The molecule has 1 unspecified atom stereocenters. The predicted octanol–water partition coefficient (Wildman–Crippen LogP) is 3.61. The quantitative estimate of drug-likeness (QED) is 0.682. The van der Waals surface area contributed by atoms with E-state index in [0.29, 0.717) is 17.3 Å². The number of fused-ring (bicyclic) bond motifs is 1. The molecule has 1 saturated heterocycles. The first-order valence-corrected chi connectivity index (χ1v) is 10.6. The lowest BCUT2D eigenvalue weighted by atomic mass is 9.96. The van der Waals surface area contributed by atoms with Crippen LogP contribution in [0.2, 0.25) is 5.02 Å². The number of H-pyrrole nitrogens is 1. The number of carbonyl (C=O) groups is 1. The summed E-state index contributed by atoms with van der Waals surface area (Å²) in [6.45, 7) is 4.67. The summed E-state index contributed by atoms with van der Waals surface area (Å²) in [5.41, 5.74) is 4.17. The molecular formula is C23H23ClN4O2. The van der Waals surface area contributed by atoms with Crippen LogP contribution in [0.25, 0.3) is 11.3 Å². The first-order chi connectivity index (χ1) is 14.7. The Labute approximate surface area is 180 Å². The Morgan fingerprint density at radius 1 is 1.03 bits per heavy atom. The first kappa shape index (κ1) is 19.3. The summed E-state index contributed by atoms with van der Waals surface area (Å²) < 4.78 is 5.45. The molecule has 2 aliphatic heterocycles. The number of benzene rings is 2. The number of hydrogen-bond acceptors (Lipinski definition) is 4. The molecule has 3 heterocycles. The Morgan fingerprint density at radius 2 is 1.77 bits per heavy atom. The van der Waals surface area contributed by atoms with Gasteiger partial charge in [0.05, 0.1) is 24.9 Å². The third-order valence-electron chi connectivity index (χ3n) is 5.87. The largest absolute Gasteiger partial charge is 0.379 e. The second kappa shape index (κ2) is 8.22. The highest BCUT2D eigenvalue weighted by Gasteiger charge is 2.42. The zero-order valence-electron chi connectivity index (χ0n) is 16.6. The second-order valence-electron chi connectivity index (χ2n) is 7.60. The molecule has 0 aliphatic carbocycles. The number of amides is 1. The van der Waals surface area contributed by atoms with E-state index in [9.17, 15) is 4.79 Å². The molecule has 2 aliphatic rings. The average Bonchev–Trinajstić information content (AvgIpc) is 3.33. The van der Waals surface area contributed by atoms with Crippen LogP contribution in [0, 0.1) is 0 Å². The van der Waals surface area contributed by atoms with Crippen LogP contribution >= 0.6 is 11.6 Å². The summed E-state index contributed by atoms with van der Waals surface area (Å²) in [5.74, 6) is -0.0298. The van der Waals surface area contributed by atoms with Crippen molar-refractivity contribution in [2.24, 2.45) is 0 Å². The molecule has 5 rings (SSSR count). The first-order valence-electron chi connectivity index (χ1n) is 10.2. The molecule has 1 N–H and O–H groups in total. The number of rotatable bonds is 5. The summed E-state index contributed by atoms with van der Waals surface area (Å²) in [4.78, 5) is 17.6. The lowest BCUT2D eigenvalue weighted by Crippen LogP contribution is -2.42. The zero-order chi connectivity index (χ0) is 20.5. The van der Waals surface area contributed by atoms with Gasteiger partial charge in [-0.3, -0.25) is 14.8 Å². The van der Waals surface area contributed by atoms with Crippen molar-refractivity contribution >= 4 is 17.5 Å². The molecule has 0 saturated carbocycles. The minimum atomic E-state index is -0.267. The lowest BCUT2D eigenvalue weighted by Gasteiger charge is -2.31. The van der Waals surface area contributed by atoms with E-state index in [2.05, 4.69) is 15.1 Å². The standard InChI is InChI=1S/C23H23ClN4O2/c24-18-9-5-4-8-17(18)22-19-20(16-6-2-1-3-7-16)25-26-21(19)23(29)28(22)11-10-27-12-14-30-15-13-27/h1-9,22H,10-15H2,(H,25,26). The van der Waals surface area contributed by atoms with Gasteiger partial charge in [0, 0.05) is 42.3 Å². The Kier molecular flexibility index (Phi) is 5.29. The van der Waals surface area contributed by atoms with Gasteiger partial charge in [0.2, 0.25) is 0 Å². The van der Waals surface area contributed by atoms with Crippen molar-refractivity contribution in [1.29, 1.82) is 0 Å². The van der Waals surface area contributed by atoms with Crippen LogP contribution in [0.15, 0.2) is 54.6 Å². The SMILES string of the molecule is O=C1c2[nH]nc(-c3ccccc3)c2C(c2ccccc2Cl)N1CCN1CCOCC1. The molecule has 2 aromatic carbocycles. The fraction of sp³-hybridized carbons (Fsp3) is 0.304. The fourth-order valence-corrected chi connectivity index (χ4v) is 4.58. The smallest absolute Gasteiger partial charge is 0.273 e. The number of aromatic amines is 1. The van der Waals surface area contributed by atoms with Crippen LogP contribution < -0.4 is 0 Å². The third-order valence-corrected chi connectivity index (χ3v) is 6.22. The van der Waals surface area contributed by atoms with E-state index in [1.165, 1.54) is 0 Å². The molecule has 0 spiro atoms. The van der Waals surface area contributed by atoms with Gasteiger partial charge in [0.25, 0.3) is 5.91 Å². The van der Waals surface area contributed by atoms with Crippen molar-refractivity contribution in [3.8, 4) is 11.3 Å². The number of aromatic nitrogens is 2. The molecule has 30 heavy (non-hydrogen) atoms. The highest BCUT2D eigenvalue weighted by Crippen LogP contribution is 2.44. The Hall–Kier alpha value is -2.67. The Bertz CT molecular complexity index is 1050. The van der Waals surface area contributed by atoms with Gasteiger partial charge in [0.1, 0.15) is 5.69 Å². The maximum absolute atomic E-state index is 13.4. The summed E-state index contributed by atoms with van der Waals surface area (Å²) in [6.07, 6.45) is 0. The maximum Gasteiger partial charge on any atom is 0.273 e. The topological polar surface area (TPSA) is 61.5 Å². The van der Waals surface area contributed by atoms with Crippen molar-refractivity contribution in [3.05, 3.63) is 76.4 Å². The second-order valence-corrected chi connectivity index (χ2v) is 8.01. The molecule has 0 radical (unpaired) electrons. The number of nitrogens with one attached hydrogen (secondary N) is 1. The highest BCUT2D eigenvalue weighted by atomic mass is 35.5. The molecule has 154 valence electrons. The Balaban J connectivity index is 1.54. The van der Waals surface area contributed by atoms with Crippen molar-refractivity contribution < 1.29 is 9.53 Å². The van der Waals surface area contributed by atoms with Crippen LogP contribution in [0.1, 0.15) is 27.7 Å². The summed E-state index contributed by atoms with van der Waals surface area (Å²) in [7, 11) is 0. The zero-order valence-corrected chi connectivity index (χ0v) is 17.3. The van der Waals surface area contributed by atoms with Crippen LogP contribution in [-0.4, -0.2) is 65.3 Å². The van der Waals surface area contributed by atoms with Gasteiger partial charge in [0.15, 0.2) is 0 Å². The van der Waals surface area contributed by atoms with Gasteiger partial charge < -0.3 is 9.64 Å². The van der Waals surface area contributed by atoms with Gasteiger partial charge in [-0.25, -0.2) is 0 Å². The molecule has 1 atom stereocenters. The van der Waals surface area contributed by atoms with E-state index in [0.717, 1.165) is 55.2 Å². The van der Waals surface area contributed by atoms with Crippen molar-refractivity contribution in [2.75, 3.05) is 39.4 Å². The van der Waals surface area contributed by atoms with Crippen LogP contribution in [-0.2, 0) is 4.74 Å². The number of morpholine rings is 1. The number of hydrogen-bond donors (Lipinski definition) is 1. The van der Waals surface area contributed by atoms with Crippen molar-refractivity contribution in [2.45, 2.75) is 6.04 Å².